The minimum atomic E-state index is -0.0847. The fraction of sp³-hybridized carbons (Fsp3) is 0.122. The molecule has 0 amide bonds. The van der Waals surface area contributed by atoms with E-state index in [2.05, 4.69) is 123 Å². The van der Waals surface area contributed by atoms with Crippen molar-refractivity contribution in [1.82, 2.24) is 9.55 Å². The summed E-state index contributed by atoms with van der Waals surface area (Å²) in [6.45, 7) is 17.6. The lowest BCUT2D eigenvalue weighted by molar-refractivity contribution is 0.660. The Bertz CT molecular complexity index is 2130. The zero-order chi connectivity index (χ0) is 31.3. The normalized spacial score (nSPS) is 15.5. The minimum absolute atomic E-state index is 0.0847. The summed E-state index contributed by atoms with van der Waals surface area (Å²) in [7, 11) is 0. The summed E-state index contributed by atoms with van der Waals surface area (Å²) >= 11 is 0. The largest absolute Gasteiger partial charge is 0.317 e. The molecule has 0 unspecified atom stereocenters. The summed E-state index contributed by atoms with van der Waals surface area (Å²) in [5.41, 5.74) is 14.1. The van der Waals surface area contributed by atoms with Crippen molar-refractivity contribution in [3.05, 3.63) is 168 Å². The summed E-state index contributed by atoms with van der Waals surface area (Å²) in [5.74, 6) is 0.750. The van der Waals surface area contributed by atoms with Crippen LogP contribution >= 0.6 is 0 Å². The van der Waals surface area contributed by atoms with Gasteiger partial charge in [-0.2, -0.15) is 0 Å². The van der Waals surface area contributed by atoms with Crippen molar-refractivity contribution in [2.45, 2.75) is 33.1 Å². The highest BCUT2D eigenvalue weighted by Gasteiger charge is 2.36. The fourth-order valence-electron chi connectivity index (χ4n) is 6.74. The van der Waals surface area contributed by atoms with E-state index in [1.54, 1.807) is 0 Å². The van der Waals surface area contributed by atoms with Crippen molar-refractivity contribution in [1.29, 1.82) is 0 Å². The monoisotopic (exact) mass is 584 g/mol. The first-order chi connectivity index (χ1) is 21.8. The first-order valence-corrected chi connectivity index (χ1v) is 15.3. The topological polar surface area (TPSA) is 33.4 Å². The molecule has 0 radical (unpaired) electrons. The average Bonchev–Trinajstić information content (AvgIpc) is 3.59. The molecule has 0 spiro atoms. The number of hydrogen-bond acceptors (Lipinski definition) is 3. The molecule has 0 saturated carbocycles. The van der Waals surface area contributed by atoms with Gasteiger partial charge in [0.1, 0.15) is 12.1 Å². The molecule has 4 nitrogen and oxygen atoms in total. The molecule has 0 atom stereocenters. The highest BCUT2D eigenvalue weighted by molar-refractivity contribution is 6.08. The van der Waals surface area contributed by atoms with Crippen molar-refractivity contribution in [3.63, 3.8) is 0 Å². The number of hydrogen-bond donors (Lipinski definition) is 0. The van der Waals surface area contributed by atoms with Crippen molar-refractivity contribution in [3.8, 4) is 11.1 Å². The van der Waals surface area contributed by atoms with E-state index in [0.717, 1.165) is 56.2 Å². The molecule has 1 aliphatic heterocycles. The van der Waals surface area contributed by atoms with Crippen LogP contribution in [0.2, 0.25) is 0 Å². The Morgan fingerprint density at radius 3 is 2.44 bits per heavy atom. The number of imidazole rings is 1. The second-order valence-corrected chi connectivity index (χ2v) is 12.2. The Hall–Kier alpha value is -5.48. The van der Waals surface area contributed by atoms with Crippen LogP contribution in [0.4, 0.5) is 5.69 Å². The quantitative estimate of drug-likeness (QED) is 0.147. The van der Waals surface area contributed by atoms with Gasteiger partial charge < -0.3 is 4.90 Å². The predicted molar refractivity (Wildman–Crippen MR) is 190 cm³/mol. The van der Waals surface area contributed by atoms with Gasteiger partial charge in [0, 0.05) is 28.6 Å². The van der Waals surface area contributed by atoms with Crippen LogP contribution in [0.15, 0.2) is 146 Å². The van der Waals surface area contributed by atoms with Gasteiger partial charge in [0.15, 0.2) is 0 Å². The van der Waals surface area contributed by atoms with E-state index in [-0.39, 0.29) is 5.41 Å². The molecule has 7 rings (SSSR count). The van der Waals surface area contributed by atoms with Gasteiger partial charge in [-0.25, -0.2) is 9.98 Å². The van der Waals surface area contributed by atoms with Crippen LogP contribution in [0.5, 0.6) is 0 Å². The molecule has 0 N–H and O–H groups in total. The van der Waals surface area contributed by atoms with Crippen LogP contribution in [0.25, 0.3) is 33.6 Å². The van der Waals surface area contributed by atoms with Gasteiger partial charge in [0.05, 0.1) is 16.7 Å². The van der Waals surface area contributed by atoms with Crippen LogP contribution in [-0.2, 0) is 5.41 Å². The Kier molecular flexibility index (Phi) is 6.86. The van der Waals surface area contributed by atoms with E-state index in [4.69, 9.17) is 9.98 Å². The van der Waals surface area contributed by atoms with E-state index in [1.807, 2.05) is 49.0 Å². The highest BCUT2D eigenvalue weighted by Crippen LogP contribution is 2.50. The van der Waals surface area contributed by atoms with Crippen molar-refractivity contribution in [2.75, 3.05) is 4.90 Å². The maximum Gasteiger partial charge on any atom is 0.139 e. The lowest BCUT2D eigenvalue weighted by atomic mass is 9.82. The minimum Gasteiger partial charge on any atom is -0.317 e. The Balaban J connectivity index is 1.42. The molecule has 0 saturated heterocycles. The SMILES string of the molecule is C=C(/C=C(\N=C(C)c1cccc2c1-c1ccccc1C2(C)C)n1cnc2ccc(N3C=CC=CC3=C)c(C)c21)c1ccccc1. The van der Waals surface area contributed by atoms with E-state index in [1.165, 1.54) is 22.3 Å². The summed E-state index contributed by atoms with van der Waals surface area (Å²) in [6, 6.07) is 29.8. The standard InChI is InChI=1S/C41H36N4/c1-27(31-16-8-7-9-17-31)25-38(45-26-42-36-22-23-37(29(3)40(36)45)44-24-13-12-15-28(44)2)43-30(4)32-19-14-21-35-39(32)33-18-10-11-20-34(33)41(35,5)6/h7-26H,1-2H2,3-6H3/b38-25+,43-30?. The lowest BCUT2D eigenvalue weighted by Gasteiger charge is -2.25. The smallest absolute Gasteiger partial charge is 0.139 e. The number of allylic oxidation sites excluding steroid dienone is 5. The molecule has 0 bridgehead atoms. The van der Waals surface area contributed by atoms with Crippen LogP contribution in [0.1, 0.15) is 48.6 Å². The molecule has 2 heterocycles. The van der Waals surface area contributed by atoms with Crippen LogP contribution in [0, 0.1) is 6.92 Å². The molecule has 1 aromatic heterocycles. The van der Waals surface area contributed by atoms with Gasteiger partial charge in [-0.15, -0.1) is 0 Å². The van der Waals surface area contributed by atoms with E-state index in [9.17, 15) is 0 Å². The van der Waals surface area contributed by atoms with E-state index < -0.39 is 0 Å². The predicted octanol–water partition coefficient (Wildman–Crippen LogP) is 10.1. The Labute approximate surface area is 265 Å². The second-order valence-electron chi connectivity index (χ2n) is 12.2. The van der Waals surface area contributed by atoms with E-state index >= 15 is 0 Å². The Morgan fingerprint density at radius 1 is 0.889 bits per heavy atom. The highest BCUT2D eigenvalue weighted by atomic mass is 15.2. The maximum atomic E-state index is 5.38. The third-order valence-electron chi connectivity index (χ3n) is 9.11. The van der Waals surface area contributed by atoms with Crippen LogP contribution in [0.3, 0.4) is 0 Å². The molecule has 0 fully saturated rings. The zero-order valence-corrected chi connectivity index (χ0v) is 26.3. The lowest BCUT2D eigenvalue weighted by Crippen LogP contribution is -2.16. The average molecular weight is 585 g/mol. The number of nitrogens with zero attached hydrogens (tertiary/aromatic N) is 4. The second kappa shape index (κ2) is 10.9. The number of aromatic nitrogens is 2. The molecular weight excluding hydrogens is 548 g/mol. The van der Waals surface area contributed by atoms with Crippen molar-refractivity contribution < 1.29 is 0 Å². The Morgan fingerprint density at radius 2 is 1.64 bits per heavy atom. The van der Waals surface area contributed by atoms with Gasteiger partial charge >= 0.3 is 0 Å². The third-order valence-corrected chi connectivity index (χ3v) is 9.11. The molecule has 1 aliphatic carbocycles. The first-order valence-electron chi connectivity index (χ1n) is 15.3. The third kappa shape index (κ3) is 4.70. The van der Waals surface area contributed by atoms with E-state index in [0.29, 0.717) is 0 Å². The fourth-order valence-corrected chi connectivity index (χ4v) is 6.74. The number of benzene rings is 4. The summed E-state index contributed by atoms with van der Waals surface area (Å²) < 4.78 is 2.10. The number of fused-ring (bicyclic) bond motifs is 4. The van der Waals surface area contributed by atoms with Crippen LogP contribution < -0.4 is 4.90 Å². The number of anilines is 1. The summed E-state index contributed by atoms with van der Waals surface area (Å²) in [4.78, 5) is 12.3. The molecular formula is C41H36N4. The maximum absolute atomic E-state index is 5.38. The van der Waals surface area contributed by atoms with Crippen LogP contribution in [-0.4, -0.2) is 15.3 Å². The molecule has 5 aromatic rings. The molecule has 4 aromatic carbocycles. The number of aryl methyl sites for hydroxylation is 1. The van der Waals surface area contributed by atoms with Gasteiger partial charge in [-0.05, 0) is 83.2 Å². The summed E-state index contributed by atoms with van der Waals surface area (Å²) in [5, 5.41) is 0. The zero-order valence-electron chi connectivity index (χ0n) is 26.3. The van der Waals surface area contributed by atoms with Gasteiger partial charge in [0.2, 0.25) is 0 Å². The van der Waals surface area contributed by atoms with Crippen molar-refractivity contribution >= 4 is 33.8 Å². The first kappa shape index (κ1) is 28.3. The molecule has 45 heavy (non-hydrogen) atoms. The number of rotatable bonds is 6. The van der Waals surface area contributed by atoms with Gasteiger partial charge in [-0.3, -0.25) is 4.57 Å². The number of aliphatic imine (C=N–C) groups is 1. The summed E-state index contributed by atoms with van der Waals surface area (Å²) in [6.07, 6.45) is 12.0. The molecule has 4 heteroatoms. The van der Waals surface area contributed by atoms with Gasteiger partial charge in [-0.1, -0.05) is 106 Å². The van der Waals surface area contributed by atoms with Gasteiger partial charge in [0.25, 0.3) is 0 Å². The van der Waals surface area contributed by atoms with Crippen molar-refractivity contribution in [2.24, 2.45) is 4.99 Å². The molecule has 2 aliphatic rings. The molecule has 220 valence electrons.